The number of nitrogens with zero attached hydrogens (tertiary/aromatic N) is 3. The van der Waals surface area contributed by atoms with E-state index in [0.717, 1.165) is 4.90 Å². The van der Waals surface area contributed by atoms with E-state index in [4.69, 9.17) is 4.74 Å². The monoisotopic (exact) mass is 425 g/mol. The molecule has 160 valence electrons. The summed E-state index contributed by atoms with van der Waals surface area (Å²) >= 11 is 0. The van der Waals surface area contributed by atoms with Crippen LogP contribution in [0.15, 0.2) is 28.8 Å². The lowest BCUT2D eigenvalue weighted by Crippen LogP contribution is -2.45. The highest BCUT2D eigenvalue weighted by atomic mass is 19.4. The first-order valence-corrected chi connectivity index (χ1v) is 8.60. The molecule has 0 amide bonds. The minimum Gasteiger partial charge on any atom is -0.381 e. The molecule has 2 atom stereocenters. The van der Waals surface area contributed by atoms with Gasteiger partial charge in [-0.05, 0) is 12.0 Å². The fraction of sp³-hybridized carbons (Fsp3) is 0.529. The Labute approximate surface area is 161 Å². The number of hydrogen-bond donors (Lipinski definition) is 1. The van der Waals surface area contributed by atoms with Gasteiger partial charge in [0.05, 0.1) is 13.2 Å². The van der Waals surface area contributed by atoms with Crippen LogP contribution < -0.4 is 0 Å². The predicted molar refractivity (Wildman–Crippen MR) is 86.1 cm³/mol. The Morgan fingerprint density at radius 2 is 1.83 bits per heavy atom. The van der Waals surface area contributed by atoms with Crippen LogP contribution in [0.2, 0.25) is 0 Å². The number of benzene rings is 1. The molecule has 2 aromatic rings. The maximum absolute atomic E-state index is 12.9. The molecule has 1 aliphatic rings. The molecule has 2 heterocycles. The molecule has 1 aliphatic heterocycles. The zero-order chi connectivity index (χ0) is 21.2. The average molecular weight is 425 g/mol. The van der Waals surface area contributed by atoms with E-state index in [1.165, 1.54) is 24.3 Å². The summed E-state index contributed by atoms with van der Waals surface area (Å²) in [5, 5.41) is 13.6. The number of halogens is 6. The number of aliphatic hydroxyl groups is 1. The van der Waals surface area contributed by atoms with E-state index < -0.39 is 36.9 Å². The van der Waals surface area contributed by atoms with Gasteiger partial charge in [0.2, 0.25) is 5.82 Å². The molecule has 29 heavy (non-hydrogen) atoms. The largest absolute Gasteiger partial charge is 0.471 e. The van der Waals surface area contributed by atoms with E-state index >= 15 is 0 Å². The van der Waals surface area contributed by atoms with Crippen molar-refractivity contribution in [3.05, 3.63) is 35.7 Å². The van der Waals surface area contributed by atoms with Crippen molar-refractivity contribution in [1.29, 1.82) is 0 Å². The summed E-state index contributed by atoms with van der Waals surface area (Å²) in [5.74, 6) is -2.22. The number of aromatic nitrogens is 2. The second kappa shape index (κ2) is 8.28. The quantitative estimate of drug-likeness (QED) is 0.565. The molecular weight excluding hydrogens is 408 g/mol. The van der Waals surface area contributed by atoms with E-state index in [2.05, 4.69) is 14.7 Å². The molecule has 12 heteroatoms. The molecule has 0 bridgehead atoms. The molecule has 0 saturated carbocycles. The van der Waals surface area contributed by atoms with Gasteiger partial charge in [0.15, 0.2) is 0 Å². The van der Waals surface area contributed by atoms with Crippen LogP contribution >= 0.6 is 0 Å². The molecule has 1 N–H and O–H groups in total. The summed E-state index contributed by atoms with van der Waals surface area (Å²) in [4.78, 5) is 4.15. The fourth-order valence-electron chi connectivity index (χ4n) is 3.01. The summed E-state index contributed by atoms with van der Waals surface area (Å²) in [5.41, 5.74) is 0.635. The van der Waals surface area contributed by atoms with E-state index in [0.29, 0.717) is 18.6 Å². The highest BCUT2D eigenvalue weighted by molar-refractivity contribution is 5.54. The third kappa shape index (κ3) is 5.67. The molecular formula is C17H17F6N3O3. The van der Waals surface area contributed by atoms with Crippen LogP contribution in [0, 0.1) is 5.92 Å². The molecule has 2 unspecified atom stereocenters. The van der Waals surface area contributed by atoms with Crippen LogP contribution in [0.4, 0.5) is 26.3 Å². The Balaban J connectivity index is 1.73. The van der Waals surface area contributed by atoms with Crippen molar-refractivity contribution >= 4 is 0 Å². The molecule has 1 aromatic heterocycles. The maximum Gasteiger partial charge on any atom is 0.471 e. The first kappa shape index (κ1) is 21.5. The van der Waals surface area contributed by atoms with Crippen LogP contribution in [-0.4, -0.2) is 52.3 Å². The minimum absolute atomic E-state index is 0.174. The van der Waals surface area contributed by atoms with Crippen LogP contribution in [0.1, 0.15) is 17.9 Å². The summed E-state index contributed by atoms with van der Waals surface area (Å²) in [6.07, 6.45) is -10.2. The fourth-order valence-corrected chi connectivity index (χ4v) is 3.01. The Hall–Kier alpha value is -2.18. The Morgan fingerprint density at radius 3 is 2.34 bits per heavy atom. The Bertz CT molecular complexity index is 800. The van der Waals surface area contributed by atoms with Crippen molar-refractivity contribution in [2.75, 3.05) is 19.8 Å². The first-order chi connectivity index (χ1) is 13.5. The van der Waals surface area contributed by atoms with Crippen molar-refractivity contribution in [2.24, 2.45) is 5.92 Å². The Kier molecular flexibility index (Phi) is 6.15. The highest BCUT2D eigenvalue weighted by Crippen LogP contribution is 2.30. The van der Waals surface area contributed by atoms with E-state index in [1.54, 1.807) is 0 Å². The van der Waals surface area contributed by atoms with Gasteiger partial charge in [-0.2, -0.15) is 31.3 Å². The molecule has 3 rings (SSSR count). The van der Waals surface area contributed by atoms with E-state index in [1.807, 2.05) is 0 Å². The average Bonchev–Trinajstić information content (AvgIpc) is 3.31. The summed E-state index contributed by atoms with van der Waals surface area (Å²) in [6, 6.07) is 5.61. The van der Waals surface area contributed by atoms with Crippen molar-refractivity contribution in [1.82, 2.24) is 15.0 Å². The maximum atomic E-state index is 12.9. The molecule has 0 radical (unpaired) electrons. The van der Waals surface area contributed by atoms with Gasteiger partial charge >= 0.3 is 18.2 Å². The summed E-state index contributed by atoms with van der Waals surface area (Å²) in [6.45, 7) is -0.974. The highest BCUT2D eigenvalue weighted by Gasteiger charge is 2.39. The lowest BCUT2D eigenvalue weighted by Gasteiger charge is -2.31. The molecule has 6 nitrogen and oxygen atoms in total. The first-order valence-electron chi connectivity index (χ1n) is 8.60. The normalized spacial score (nSPS) is 19.1. The smallest absolute Gasteiger partial charge is 0.381 e. The standard InChI is InChI=1S/C17H17F6N3O3/c18-16(19,20)9-26(14(27)12-5-6-28-8-12)7-10-1-3-11(4-2-10)13-24-15(29-25-13)17(21,22)23/h1-4,12,14,27H,5-9H2. The van der Waals surface area contributed by atoms with Gasteiger partial charge in [-0.25, -0.2) is 0 Å². The van der Waals surface area contributed by atoms with Crippen LogP contribution in [-0.2, 0) is 17.5 Å². The zero-order valence-electron chi connectivity index (χ0n) is 14.9. The number of hydrogen-bond acceptors (Lipinski definition) is 6. The van der Waals surface area contributed by atoms with Gasteiger partial charge < -0.3 is 14.4 Å². The number of rotatable bonds is 6. The lowest BCUT2D eigenvalue weighted by molar-refractivity contribution is -0.175. The van der Waals surface area contributed by atoms with E-state index in [9.17, 15) is 31.4 Å². The van der Waals surface area contributed by atoms with Gasteiger partial charge in [-0.3, -0.25) is 4.90 Å². The van der Waals surface area contributed by atoms with Crippen molar-refractivity contribution in [3.8, 4) is 11.4 Å². The van der Waals surface area contributed by atoms with Gasteiger partial charge in [0.1, 0.15) is 6.23 Å². The molecule has 0 aliphatic carbocycles. The van der Waals surface area contributed by atoms with Gasteiger partial charge in [-0.1, -0.05) is 29.4 Å². The van der Waals surface area contributed by atoms with Crippen LogP contribution in [0.5, 0.6) is 0 Å². The summed E-state index contributed by atoms with van der Waals surface area (Å²) < 4.78 is 85.7. The van der Waals surface area contributed by atoms with E-state index in [-0.39, 0.29) is 24.5 Å². The third-order valence-electron chi connectivity index (χ3n) is 4.41. The van der Waals surface area contributed by atoms with Crippen molar-refractivity contribution < 1.29 is 40.7 Å². The second-order valence-corrected chi connectivity index (χ2v) is 6.68. The van der Waals surface area contributed by atoms with Crippen LogP contribution in [0.3, 0.4) is 0 Å². The number of alkyl halides is 6. The molecule has 0 spiro atoms. The van der Waals surface area contributed by atoms with Gasteiger partial charge in [0, 0.05) is 24.6 Å². The molecule has 1 aromatic carbocycles. The number of aliphatic hydroxyl groups excluding tert-OH is 1. The third-order valence-corrected chi connectivity index (χ3v) is 4.41. The van der Waals surface area contributed by atoms with Crippen molar-refractivity contribution in [3.63, 3.8) is 0 Å². The van der Waals surface area contributed by atoms with Crippen molar-refractivity contribution in [2.45, 2.75) is 31.5 Å². The predicted octanol–water partition coefficient (Wildman–Crippen LogP) is 3.47. The lowest BCUT2D eigenvalue weighted by atomic mass is 10.0. The number of ether oxygens (including phenoxy) is 1. The Morgan fingerprint density at radius 1 is 1.14 bits per heavy atom. The molecule has 1 fully saturated rings. The molecule has 1 saturated heterocycles. The van der Waals surface area contributed by atoms with Gasteiger partial charge in [-0.15, -0.1) is 0 Å². The van der Waals surface area contributed by atoms with Gasteiger partial charge in [0.25, 0.3) is 0 Å². The topological polar surface area (TPSA) is 71.6 Å². The second-order valence-electron chi connectivity index (χ2n) is 6.68. The summed E-state index contributed by atoms with van der Waals surface area (Å²) in [7, 11) is 0. The van der Waals surface area contributed by atoms with Crippen LogP contribution in [0.25, 0.3) is 11.4 Å². The zero-order valence-corrected chi connectivity index (χ0v) is 14.9. The SMILES string of the molecule is OC(C1CCOC1)N(Cc1ccc(-c2noc(C(F)(F)F)n2)cc1)CC(F)(F)F. The minimum atomic E-state index is -4.77.